The Labute approximate surface area is 226 Å². The first kappa shape index (κ1) is 28.8. The molecule has 0 nitrogen and oxygen atoms in total. The molecule has 0 saturated heterocycles. The summed E-state index contributed by atoms with van der Waals surface area (Å²) in [5.41, 5.74) is 8.31. The Morgan fingerprint density at radius 3 is 0.917 bits per heavy atom. The van der Waals surface area contributed by atoms with E-state index in [0.717, 1.165) is 0 Å². The van der Waals surface area contributed by atoms with Crippen LogP contribution in [0, 0.1) is 0 Å². The molecule has 0 aliphatic heterocycles. The second kappa shape index (κ2) is 13.7. The summed E-state index contributed by atoms with van der Waals surface area (Å²) >= 11 is -4.07. The van der Waals surface area contributed by atoms with Gasteiger partial charge in [-0.25, -0.2) is 0 Å². The Bertz CT molecular complexity index is 1010. The van der Waals surface area contributed by atoms with Crippen LogP contribution in [-0.2, 0) is 0 Å². The van der Waals surface area contributed by atoms with Crippen molar-refractivity contribution in [3.05, 3.63) is 117 Å². The van der Waals surface area contributed by atoms with E-state index in [0.29, 0.717) is 0 Å². The summed E-state index contributed by atoms with van der Waals surface area (Å²) in [7, 11) is 0. The minimum atomic E-state index is -2.03. The van der Waals surface area contributed by atoms with Crippen molar-refractivity contribution in [3.8, 4) is 0 Å². The Morgan fingerprint density at radius 1 is 0.417 bits per heavy atom. The summed E-state index contributed by atoms with van der Waals surface area (Å²) in [5, 5.41) is 8.09. The molecular formula is C34H46Ge2. The standard InChI is InChI=1S/C34H46Ge2/c1-7-35(8-2,9-3)27-33(29-19-15-13-16-20-29)31-23-25-32(26-24-31)34(30-21-17-14-18-22-30)28-36(10-4,11-5)12-6/h13-28H,7-12H2,1-6H3/b33-27-,34-28-. The number of hydrogen-bond acceptors (Lipinski definition) is 0. The molecule has 190 valence electrons. The number of benzene rings is 3. The van der Waals surface area contributed by atoms with Gasteiger partial charge in [-0.15, -0.1) is 0 Å². The minimum absolute atomic E-state index is 1.35. The van der Waals surface area contributed by atoms with E-state index in [-0.39, 0.29) is 0 Å². The molecule has 2 heteroatoms. The first-order valence-corrected chi connectivity index (χ1v) is 25.5. The molecule has 0 N–H and O–H groups in total. The van der Waals surface area contributed by atoms with Crippen LogP contribution in [0.4, 0.5) is 0 Å². The van der Waals surface area contributed by atoms with Gasteiger partial charge in [0.1, 0.15) is 0 Å². The molecule has 0 aliphatic rings. The zero-order valence-corrected chi connectivity index (χ0v) is 27.7. The fourth-order valence-corrected chi connectivity index (χ4v) is 18.3. The third-order valence-electron chi connectivity index (χ3n) is 8.80. The zero-order valence-electron chi connectivity index (χ0n) is 23.5. The van der Waals surface area contributed by atoms with Gasteiger partial charge < -0.3 is 0 Å². The van der Waals surface area contributed by atoms with Crippen molar-refractivity contribution < 1.29 is 0 Å². The van der Waals surface area contributed by atoms with Gasteiger partial charge in [-0.05, 0) is 0 Å². The van der Waals surface area contributed by atoms with Crippen molar-refractivity contribution in [1.82, 2.24) is 0 Å². The van der Waals surface area contributed by atoms with E-state index in [4.69, 9.17) is 0 Å². The van der Waals surface area contributed by atoms with Crippen LogP contribution >= 0.6 is 0 Å². The van der Waals surface area contributed by atoms with E-state index in [2.05, 4.69) is 136 Å². The van der Waals surface area contributed by atoms with E-state index in [1.807, 2.05) is 0 Å². The number of rotatable bonds is 12. The summed E-state index contributed by atoms with van der Waals surface area (Å²) in [6.07, 6.45) is 0. The summed E-state index contributed by atoms with van der Waals surface area (Å²) in [6.45, 7) is 14.5. The Balaban J connectivity index is 2.15. The maximum atomic E-state index is 2.75. The van der Waals surface area contributed by atoms with Gasteiger partial charge in [0, 0.05) is 0 Å². The second-order valence-corrected chi connectivity index (χ2v) is 31.8. The average molecular weight is 600 g/mol. The molecule has 0 fully saturated rings. The molecule has 0 radical (unpaired) electrons. The molecule has 0 saturated carbocycles. The van der Waals surface area contributed by atoms with Crippen LogP contribution < -0.4 is 0 Å². The van der Waals surface area contributed by atoms with Gasteiger partial charge in [0.2, 0.25) is 0 Å². The molecule has 0 unspecified atom stereocenters. The average Bonchev–Trinajstić information content (AvgIpc) is 2.96. The SMILES string of the molecule is C[CH2][Ge](/[CH]=C(/c1ccccc1)c1ccc(/C(=[CH]\[Ge]([CH2]C)([CH2]C)[CH2]C)c2ccccc2)cc1)([CH2]C)[CH2]C. The van der Waals surface area contributed by atoms with Crippen molar-refractivity contribution in [3.63, 3.8) is 0 Å². The van der Waals surface area contributed by atoms with Crippen molar-refractivity contribution in [2.24, 2.45) is 0 Å². The van der Waals surface area contributed by atoms with Crippen molar-refractivity contribution in [2.75, 3.05) is 0 Å². The Kier molecular flexibility index (Phi) is 10.9. The fraction of sp³-hybridized carbons (Fsp3) is 0.353. The van der Waals surface area contributed by atoms with Gasteiger partial charge in [0.05, 0.1) is 0 Å². The van der Waals surface area contributed by atoms with Gasteiger partial charge in [0.25, 0.3) is 0 Å². The zero-order chi connectivity index (χ0) is 26.0. The third-order valence-corrected chi connectivity index (χ3v) is 30.3. The van der Waals surface area contributed by atoms with Crippen LogP contribution in [0.1, 0.15) is 63.8 Å². The summed E-state index contributed by atoms with van der Waals surface area (Å²) < 4.78 is 0. The molecule has 0 spiro atoms. The van der Waals surface area contributed by atoms with Gasteiger partial charge in [-0.2, -0.15) is 0 Å². The van der Waals surface area contributed by atoms with Crippen LogP contribution in [0.3, 0.4) is 0 Å². The molecular weight excluding hydrogens is 554 g/mol. The molecule has 0 bridgehead atoms. The predicted octanol–water partition coefficient (Wildman–Crippen LogP) is 10.6. The monoisotopic (exact) mass is 602 g/mol. The van der Waals surface area contributed by atoms with Gasteiger partial charge in [-0.1, -0.05) is 0 Å². The van der Waals surface area contributed by atoms with E-state index in [1.165, 1.54) is 64.9 Å². The molecule has 0 aliphatic carbocycles. The van der Waals surface area contributed by atoms with Gasteiger partial charge >= 0.3 is 228 Å². The summed E-state index contributed by atoms with van der Waals surface area (Å²) in [4.78, 5) is 5.51. The van der Waals surface area contributed by atoms with Crippen LogP contribution in [0.15, 0.2) is 94.7 Å². The van der Waals surface area contributed by atoms with E-state index < -0.39 is 26.5 Å². The molecule has 0 heterocycles. The predicted molar refractivity (Wildman–Crippen MR) is 168 cm³/mol. The van der Waals surface area contributed by atoms with E-state index >= 15 is 0 Å². The van der Waals surface area contributed by atoms with Crippen molar-refractivity contribution >= 4 is 37.7 Å². The number of hydrogen-bond donors (Lipinski definition) is 0. The Hall–Kier alpha value is -1.77. The molecule has 36 heavy (non-hydrogen) atoms. The maximum absolute atomic E-state index is 2.75. The molecule has 0 amide bonds. The Morgan fingerprint density at radius 2 is 0.667 bits per heavy atom. The molecule has 3 aromatic rings. The normalized spacial score (nSPS) is 13.2. The van der Waals surface area contributed by atoms with E-state index in [9.17, 15) is 0 Å². The van der Waals surface area contributed by atoms with Crippen LogP contribution in [0.5, 0.6) is 0 Å². The second-order valence-electron chi connectivity index (χ2n) is 10.3. The van der Waals surface area contributed by atoms with Crippen molar-refractivity contribution in [2.45, 2.75) is 73.1 Å². The molecule has 0 aromatic heterocycles. The van der Waals surface area contributed by atoms with E-state index in [1.54, 1.807) is 0 Å². The molecule has 3 rings (SSSR count). The van der Waals surface area contributed by atoms with Crippen LogP contribution in [0.2, 0.25) is 31.5 Å². The summed E-state index contributed by atoms with van der Waals surface area (Å²) in [5.74, 6) is 0. The first-order chi connectivity index (χ1) is 17.5. The van der Waals surface area contributed by atoms with Gasteiger partial charge in [-0.3, -0.25) is 0 Å². The summed E-state index contributed by atoms with van der Waals surface area (Å²) in [6, 6.07) is 31.7. The first-order valence-electron chi connectivity index (χ1n) is 14.2. The van der Waals surface area contributed by atoms with Crippen LogP contribution in [0.25, 0.3) is 11.1 Å². The molecule has 3 aromatic carbocycles. The topological polar surface area (TPSA) is 0 Å². The molecule has 0 atom stereocenters. The fourth-order valence-electron chi connectivity index (χ4n) is 5.46. The quantitative estimate of drug-likeness (QED) is 0.182. The third kappa shape index (κ3) is 6.75. The van der Waals surface area contributed by atoms with Crippen molar-refractivity contribution in [1.29, 1.82) is 0 Å². The van der Waals surface area contributed by atoms with Gasteiger partial charge in [0.15, 0.2) is 0 Å². The van der Waals surface area contributed by atoms with Crippen LogP contribution in [-0.4, -0.2) is 26.5 Å².